The third kappa shape index (κ3) is 3.27. The van der Waals surface area contributed by atoms with Gasteiger partial charge in [-0.25, -0.2) is 9.97 Å². The summed E-state index contributed by atoms with van der Waals surface area (Å²) < 4.78 is 1.07. The lowest BCUT2D eigenvalue weighted by atomic mass is 10.1. The second-order valence-corrected chi connectivity index (χ2v) is 5.02. The molecule has 2 aromatic rings. The minimum absolute atomic E-state index is 0.341. The third-order valence-electron chi connectivity index (χ3n) is 2.25. The molecule has 0 unspecified atom stereocenters. The molecule has 1 aromatic carbocycles. The number of aromatic nitrogens is 2. The van der Waals surface area contributed by atoms with Crippen molar-refractivity contribution in [3.05, 3.63) is 41.1 Å². The van der Waals surface area contributed by atoms with Crippen molar-refractivity contribution in [2.75, 3.05) is 5.32 Å². The molecule has 0 bridgehead atoms. The van der Waals surface area contributed by atoms with Gasteiger partial charge in [0.25, 0.3) is 0 Å². The van der Waals surface area contributed by atoms with Crippen LogP contribution in [0.1, 0.15) is 13.8 Å². The average Bonchev–Trinajstić information content (AvgIpc) is 2.30. The fourth-order valence-electron chi connectivity index (χ4n) is 1.45. The maximum Gasteiger partial charge on any atom is 0.222 e. The van der Waals surface area contributed by atoms with E-state index in [2.05, 4.69) is 45.1 Å². The minimum Gasteiger partial charge on any atom is -0.352 e. The van der Waals surface area contributed by atoms with Crippen molar-refractivity contribution in [2.24, 2.45) is 0 Å². The van der Waals surface area contributed by atoms with Crippen LogP contribution < -0.4 is 5.32 Å². The lowest BCUT2D eigenvalue weighted by Crippen LogP contribution is -2.12. The summed E-state index contributed by atoms with van der Waals surface area (Å²) >= 11 is 3.42. The number of nitrogens with zero attached hydrogens (tertiary/aromatic N) is 2. The average molecular weight is 292 g/mol. The molecular formula is C13H14BrN3. The molecule has 0 saturated heterocycles. The van der Waals surface area contributed by atoms with E-state index < -0.39 is 0 Å². The van der Waals surface area contributed by atoms with E-state index in [9.17, 15) is 0 Å². The summed E-state index contributed by atoms with van der Waals surface area (Å²) in [7, 11) is 0. The predicted octanol–water partition coefficient (Wildman–Crippen LogP) is 3.73. The van der Waals surface area contributed by atoms with E-state index in [0.717, 1.165) is 15.6 Å². The zero-order valence-corrected chi connectivity index (χ0v) is 11.4. The molecule has 0 radical (unpaired) electrons. The van der Waals surface area contributed by atoms with E-state index in [1.54, 1.807) is 0 Å². The predicted molar refractivity (Wildman–Crippen MR) is 73.9 cm³/mol. The van der Waals surface area contributed by atoms with Gasteiger partial charge >= 0.3 is 0 Å². The smallest absolute Gasteiger partial charge is 0.222 e. The summed E-state index contributed by atoms with van der Waals surface area (Å²) in [6, 6.07) is 8.44. The SMILES string of the molecule is CC(C)Nc1ncc(-c2ccc(Br)cc2)cn1. The Morgan fingerprint density at radius 3 is 2.12 bits per heavy atom. The number of benzene rings is 1. The molecule has 4 heteroatoms. The normalized spacial score (nSPS) is 10.6. The number of hydrogen-bond acceptors (Lipinski definition) is 3. The summed E-state index contributed by atoms with van der Waals surface area (Å²) in [5, 5.41) is 3.16. The minimum atomic E-state index is 0.341. The molecule has 0 fully saturated rings. The molecule has 0 spiro atoms. The molecule has 1 aromatic heterocycles. The second kappa shape index (κ2) is 5.27. The molecule has 0 saturated carbocycles. The van der Waals surface area contributed by atoms with Crippen molar-refractivity contribution < 1.29 is 0 Å². The van der Waals surface area contributed by atoms with Gasteiger partial charge in [0.2, 0.25) is 5.95 Å². The van der Waals surface area contributed by atoms with Gasteiger partial charge < -0.3 is 5.32 Å². The Morgan fingerprint density at radius 1 is 1.00 bits per heavy atom. The first kappa shape index (κ1) is 12.0. The van der Waals surface area contributed by atoms with Gasteiger partial charge in [0.15, 0.2) is 0 Å². The molecule has 2 rings (SSSR count). The van der Waals surface area contributed by atoms with Crippen LogP contribution >= 0.6 is 15.9 Å². The maximum absolute atomic E-state index is 4.28. The zero-order chi connectivity index (χ0) is 12.3. The molecule has 0 aliphatic carbocycles. The molecule has 88 valence electrons. The van der Waals surface area contributed by atoms with Gasteiger partial charge in [0, 0.05) is 28.5 Å². The van der Waals surface area contributed by atoms with Gasteiger partial charge in [0.1, 0.15) is 0 Å². The zero-order valence-electron chi connectivity index (χ0n) is 9.81. The van der Waals surface area contributed by atoms with Gasteiger partial charge in [-0.05, 0) is 31.5 Å². The van der Waals surface area contributed by atoms with Gasteiger partial charge in [-0.15, -0.1) is 0 Å². The second-order valence-electron chi connectivity index (χ2n) is 4.10. The van der Waals surface area contributed by atoms with E-state index in [1.807, 2.05) is 36.7 Å². The van der Waals surface area contributed by atoms with Crippen molar-refractivity contribution in [1.29, 1.82) is 0 Å². The van der Waals surface area contributed by atoms with Crippen LogP contribution in [0.2, 0.25) is 0 Å². The topological polar surface area (TPSA) is 37.8 Å². The van der Waals surface area contributed by atoms with Crippen molar-refractivity contribution in [1.82, 2.24) is 9.97 Å². The Morgan fingerprint density at radius 2 is 1.59 bits per heavy atom. The van der Waals surface area contributed by atoms with Crippen LogP contribution in [0, 0.1) is 0 Å². The van der Waals surface area contributed by atoms with E-state index in [-0.39, 0.29) is 0 Å². The van der Waals surface area contributed by atoms with E-state index in [0.29, 0.717) is 12.0 Å². The highest BCUT2D eigenvalue weighted by Crippen LogP contribution is 2.20. The van der Waals surface area contributed by atoms with Crippen molar-refractivity contribution >= 4 is 21.9 Å². The van der Waals surface area contributed by atoms with Crippen LogP contribution in [0.25, 0.3) is 11.1 Å². The highest BCUT2D eigenvalue weighted by molar-refractivity contribution is 9.10. The van der Waals surface area contributed by atoms with Crippen LogP contribution in [0.4, 0.5) is 5.95 Å². The highest BCUT2D eigenvalue weighted by atomic mass is 79.9. The monoisotopic (exact) mass is 291 g/mol. The lowest BCUT2D eigenvalue weighted by molar-refractivity contribution is 0.874. The Balaban J connectivity index is 2.20. The van der Waals surface area contributed by atoms with Crippen molar-refractivity contribution in [3.63, 3.8) is 0 Å². The molecule has 1 N–H and O–H groups in total. The Labute approximate surface area is 109 Å². The number of anilines is 1. The fourth-order valence-corrected chi connectivity index (χ4v) is 1.72. The Bertz CT molecular complexity index is 477. The van der Waals surface area contributed by atoms with Crippen LogP contribution in [-0.4, -0.2) is 16.0 Å². The summed E-state index contributed by atoms with van der Waals surface area (Å²) in [4.78, 5) is 8.57. The summed E-state index contributed by atoms with van der Waals surface area (Å²) in [5.41, 5.74) is 2.14. The van der Waals surface area contributed by atoms with Crippen LogP contribution in [0.3, 0.4) is 0 Å². The molecule has 0 atom stereocenters. The Hall–Kier alpha value is -1.42. The van der Waals surface area contributed by atoms with Gasteiger partial charge in [-0.1, -0.05) is 28.1 Å². The van der Waals surface area contributed by atoms with Gasteiger partial charge in [-0.2, -0.15) is 0 Å². The maximum atomic E-state index is 4.28. The summed E-state index contributed by atoms with van der Waals surface area (Å²) in [5.74, 6) is 0.667. The highest BCUT2D eigenvalue weighted by Gasteiger charge is 2.01. The lowest BCUT2D eigenvalue weighted by Gasteiger charge is -2.08. The van der Waals surface area contributed by atoms with Gasteiger partial charge in [0.05, 0.1) is 0 Å². The molecule has 0 aliphatic rings. The molecule has 0 aliphatic heterocycles. The first-order chi connectivity index (χ1) is 8.15. The molecule has 0 amide bonds. The van der Waals surface area contributed by atoms with Crippen LogP contribution in [0.5, 0.6) is 0 Å². The number of nitrogens with one attached hydrogen (secondary N) is 1. The van der Waals surface area contributed by atoms with E-state index in [1.165, 1.54) is 0 Å². The first-order valence-corrected chi connectivity index (χ1v) is 6.29. The standard InChI is InChI=1S/C13H14BrN3/c1-9(2)17-13-15-7-11(8-16-13)10-3-5-12(14)6-4-10/h3-9H,1-2H3,(H,15,16,17). The molecular weight excluding hydrogens is 278 g/mol. The first-order valence-electron chi connectivity index (χ1n) is 5.49. The Kier molecular flexibility index (Phi) is 3.74. The van der Waals surface area contributed by atoms with E-state index >= 15 is 0 Å². The fraction of sp³-hybridized carbons (Fsp3) is 0.231. The van der Waals surface area contributed by atoms with Crippen LogP contribution in [-0.2, 0) is 0 Å². The quantitative estimate of drug-likeness (QED) is 0.936. The number of hydrogen-bond donors (Lipinski definition) is 1. The van der Waals surface area contributed by atoms with Gasteiger partial charge in [-0.3, -0.25) is 0 Å². The van der Waals surface area contributed by atoms with Crippen molar-refractivity contribution in [2.45, 2.75) is 19.9 Å². The molecule has 1 heterocycles. The number of rotatable bonds is 3. The largest absolute Gasteiger partial charge is 0.352 e. The van der Waals surface area contributed by atoms with Crippen molar-refractivity contribution in [3.8, 4) is 11.1 Å². The third-order valence-corrected chi connectivity index (χ3v) is 2.78. The van der Waals surface area contributed by atoms with Crippen LogP contribution in [0.15, 0.2) is 41.1 Å². The summed E-state index contributed by atoms with van der Waals surface area (Å²) in [6.45, 7) is 4.12. The molecule has 3 nitrogen and oxygen atoms in total. The number of halogens is 1. The molecule has 17 heavy (non-hydrogen) atoms. The van der Waals surface area contributed by atoms with E-state index in [4.69, 9.17) is 0 Å². The summed E-state index contributed by atoms with van der Waals surface area (Å²) in [6.07, 6.45) is 3.67.